The molecule has 0 radical (unpaired) electrons. The first-order valence-corrected chi connectivity index (χ1v) is 7.72. The number of fused-ring (bicyclic) bond motifs is 1. The number of ether oxygens (including phenoxy) is 2. The molecule has 1 unspecified atom stereocenters. The lowest BCUT2D eigenvalue weighted by molar-refractivity contribution is -0.0449. The van der Waals surface area contributed by atoms with Gasteiger partial charge in [-0.15, -0.1) is 0 Å². The van der Waals surface area contributed by atoms with Gasteiger partial charge in [0.2, 0.25) is 0 Å². The third-order valence-corrected chi connectivity index (χ3v) is 5.01. The third kappa shape index (κ3) is 2.54. The van der Waals surface area contributed by atoms with Crippen LogP contribution in [0.4, 0.5) is 0 Å². The van der Waals surface area contributed by atoms with Crippen LogP contribution in [0.2, 0.25) is 5.02 Å². The molecule has 1 aliphatic heterocycles. The van der Waals surface area contributed by atoms with Crippen LogP contribution in [0.3, 0.4) is 0 Å². The Hall–Kier alpha value is -0.770. The van der Waals surface area contributed by atoms with Crippen LogP contribution in [0, 0.1) is 0 Å². The maximum Gasteiger partial charge on any atom is 0.125 e. The number of benzene rings is 1. The number of hydrogen-bond acceptors (Lipinski definition) is 3. The maximum absolute atomic E-state index is 6.39. The molecule has 1 fully saturated rings. The van der Waals surface area contributed by atoms with Crippen molar-refractivity contribution >= 4 is 11.6 Å². The van der Waals surface area contributed by atoms with Gasteiger partial charge in [0.1, 0.15) is 11.4 Å². The van der Waals surface area contributed by atoms with Crippen LogP contribution in [0.25, 0.3) is 0 Å². The Morgan fingerprint density at radius 2 is 2.10 bits per heavy atom. The Morgan fingerprint density at radius 3 is 2.75 bits per heavy atom. The quantitative estimate of drug-likeness (QED) is 0.902. The lowest BCUT2D eigenvalue weighted by Gasteiger charge is -2.45. The van der Waals surface area contributed by atoms with E-state index in [9.17, 15) is 0 Å². The van der Waals surface area contributed by atoms with Gasteiger partial charge < -0.3 is 14.8 Å². The molecule has 2 aliphatic rings. The highest BCUT2D eigenvalue weighted by molar-refractivity contribution is 6.30. The summed E-state index contributed by atoms with van der Waals surface area (Å²) in [7, 11) is 3.81. The smallest absolute Gasteiger partial charge is 0.125 e. The Morgan fingerprint density at radius 1 is 1.35 bits per heavy atom. The zero-order valence-electron chi connectivity index (χ0n) is 12.1. The van der Waals surface area contributed by atoms with Crippen molar-refractivity contribution in [3.8, 4) is 5.75 Å². The van der Waals surface area contributed by atoms with E-state index in [1.54, 1.807) is 7.11 Å². The molecule has 20 heavy (non-hydrogen) atoms. The van der Waals surface area contributed by atoms with E-state index in [-0.39, 0.29) is 5.60 Å². The second-order valence-electron chi connectivity index (χ2n) is 5.95. The molecule has 1 aromatic rings. The van der Waals surface area contributed by atoms with Crippen LogP contribution in [-0.2, 0) is 4.74 Å². The topological polar surface area (TPSA) is 30.5 Å². The summed E-state index contributed by atoms with van der Waals surface area (Å²) in [6.07, 6.45) is 5.68. The summed E-state index contributed by atoms with van der Waals surface area (Å²) < 4.78 is 11.9. The number of rotatable bonds is 2. The van der Waals surface area contributed by atoms with Gasteiger partial charge >= 0.3 is 0 Å². The van der Waals surface area contributed by atoms with Crippen molar-refractivity contribution in [2.45, 2.75) is 49.9 Å². The fourth-order valence-electron chi connectivity index (χ4n) is 3.56. The van der Waals surface area contributed by atoms with E-state index in [1.807, 2.05) is 25.2 Å². The predicted octanol–water partition coefficient (Wildman–Crippen LogP) is 3.71. The molecular formula is C16H22ClNO2. The second kappa shape index (κ2) is 5.55. The van der Waals surface area contributed by atoms with Crippen LogP contribution < -0.4 is 10.1 Å². The molecule has 1 heterocycles. The van der Waals surface area contributed by atoms with Gasteiger partial charge in [0, 0.05) is 30.2 Å². The second-order valence-corrected chi connectivity index (χ2v) is 6.38. The fourth-order valence-corrected chi connectivity index (χ4v) is 3.74. The van der Waals surface area contributed by atoms with Gasteiger partial charge in [-0.1, -0.05) is 11.6 Å². The summed E-state index contributed by atoms with van der Waals surface area (Å²) in [4.78, 5) is 0. The highest BCUT2D eigenvalue weighted by Crippen LogP contribution is 2.46. The molecule has 0 saturated heterocycles. The van der Waals surface area contributed by atoms with Gasteiger partial charge in [-0.2, -0.15) is 0 Å². The van der Waals surface area contributed by atoms with Crippen molar-refractivity contribution in [1.82, 2.24) is 5.32 Å². The zero-order valence-corrected chi connectivity index (χ0v) is 12.9. The Bertz CT molecular complexity index is 483. The molecule has 1 atom stereocenters. The number of methoxy groups -OCH3 is 1. The maximum atomic E-state index is 6.39. The van der Waals surface area contributed by atoms with E-state index >= 15 is 0 Å². The molecule has 3 rings (SSSR count). The largest absolute Gasteiger partial charge is 0.487 e. The molecule has 0 aromatic heterocycles. The van der Waals surface area contributed by atoms with Crippen molar-refractivity contribution in [2.24, 2.45) is 0 Å². The van der Waals surface area contributed by atoms with Gasteiger partial charge in [0.05, 0.1) is 6.10 Å². The fraction of sp³-hybridized carbons (Fsp3) is 0.625. The van der Waals surface area contributed by atoms with Crippen LogP contribution in [0.15, 0.2) is 18.2 Å². The molecule has 0 amide bonds. The van der Waals surface area contributed by atoms with E-state index < -0.39 is 0 Å². The SMILES string of the molecule is CNC1CC2(CCC(OC)CC2)Oc2ccc(Cl)cc21. The lowest BCUT2D eigenvalue weighted by Crippen LogP contribution is -2.47. The normalized spacial score (nSPS) is 32.8. The highest BCUT2D eigenvalue weighted by Gasteiger charge is 2.43. The Labute approximate surface area is 125 Å². The van der Waals surface area contributed by atoms with Gasteiger partial charge in [-0.05, 0) is 50.9 Å². The minimum Gasteiger partial charge on any atom is -0.487 e. The average Bonchev–Trinajstić information content (AvgIpc) is 2.48. The van der Waals surface area contributed by atoms with E-state index in [1.165, 1.54) is 5.56 Å². The van der Waals surface area contributed by atoms with E-state index in [0.717, 1.165) is 42.9 Å². The highest BCUT2D eigenvalue weighted by atomic mass is 35.5. The predicted molar refractivity (Wildman–Crippen MR) is 80.5 cm³/mol. The van der Waals surface area contributed by atoms with Crippen molar-refractivity contribution in [3.63, 3.8) is 0 Å². The van der Waals surface area contributed by atoms with E-state index in [0.29, 0.717) is 12.1 Å². The van der Waals surface area contributed by atoms with Gasteiger partial charge in [0.15, 0.2) is 0 Å². The molecule has 0 bridgehead atoms. The number of nitrogens with one attached hydrogen (secondary N) is 1. The summed E-state index contributed by atoms with van der Waals surface area (Å²) in [6.45, 7) is 0. The molecule has 1 aromatic carbocycles. The molecule has 1 N–H and O–H groups in total. The molecule has 1 aliphatic carbocycles. The minimum atomic E-state index is -0.0382. The van der Waals surface area contributed by atoms with Gasteiger partial charge in [0.25, 0.3) is 0 Å². The van der Waals surface area contributed by atoms with Crippen LogP contribution in [-0.4, -0.2) is 25.9 Å². The van der Waals surface area contributed by atoms with Crippen LogP contribution in [0.5, 0.6) is 5.75 Å². The summed E-state index contributed by atoms with van der Waals surface area (Å²) in [6, 6.07) is 6.25. The molecule has 3 nitrogen and oxygen atoms in total. The first kappa shape index (κ1) is 14.2. The summed E-state index contributed by atoms with van der Waals surface area (Å²) >= 11 is 6.11. The molecule has 1 saturated carbocycles. The van der Waals surface area contributed by atoms with Gasteiger partial charge in [-0.3, -0.25) is 0 Å². The zero-order chi connectivity index (χ0) is 14.2. The molecular weight excluding hydrogens is 274 g/mol. The van der Waals surface area contributed by atoms with Crippen LogP contribution in [0.1, 0.15) is 43.7 Å². The lowest BCUT2D eigenvalue weighted by atomic mass is 9.76. The third-order valence-electron chi connectivity index (χ3n) is 4.78. The minimum absolute atomic E-state index is 0.0382. The van der Waals surface area contributed by atoms with Crippen molar-refractivity contribution in [3.05, 3.63) is 28.8 Å². The molecule has 110 valence electrons. The first-order valence-electron chi connectivity index (χ1n) is 7.34. The summed E-state index contributed by atoms with van der Waals surface area (Å²) in [5.41, 5.74) is 1.14. The summed E-state index contributed by atoms with van der Waals surface area (Å²) in [5, 5.41) is 4.18. The van der Waals surface area contributed by atoms with Crippen molar-refractivity contribution in [1.29, 1.82) is 0 Å². The monoisotopic (exact) mass is 295 g/mol. The number of hydrogen-bond donors (Lipinski definition) is 1. The summed E-state index contributed by atoms with van der Waals surface area (Å²) in [5.74, 6) is 0.982. The standard InChI is InChI=1S/C16H22ClNO2/c1-18-14-10-16(7-5-12(19-2)6-8-16)20-15-4-3-11(17)9-13(14)15/h3-4,9,12,14,18H,5-8,10H2,1-2H3. The van der Waals surface area contributed by atoms with E-state index in [4.69, 9.17) is 21.1 Å². The Balaban J connectivity index is 1.86. The van der Waals surface area contributed by atoms with Crippen LogP contribution >= 0.6 is 11.6 Å². The average molecular weight is 296 g/mol. The molecule has 1 spiro atoms. The number of halogens is 1. The first-order chi connectivity index (χ1) is 9.65. The molecule has 4 heteroatoms. The Kier molecular flexibility index (Phi) is 3.93. The van der Waals surface area contributed by atoms with Crippen molar-refractivity contribution in [2.75, 3.05) is 14.2 Å². The van der Waals surface area contributed by atoms with Gasteiger partial charge in [-0.25, -0.2) is 0 Å². The van der Waals surface area contributed by atoms with E-state index in [2.05, 4.69) is 5.32 Å². The van der Waals surface area contributed by atoms with Crippen molar-refractivity contribution < 1.29 is 9.47 Å².